The van der Waals surface area contributed by atoms with Crippen molar-refractivity contribution < 1.29 is 0 Å². The van der Waals surface area contributed by atoms with E-state index in [9.17, 15) is 0 Å². The van der Waals surface area contributed by atoms with Gasteiger partial charge in [0.25, 0.3) is 0 Å². The van der Waals surface area contributed by atoms with Crippen LogP contribution < -0.4 is 5.32 Å². The molecule has 1 unspecified atom stereocenters. The Hall–Kier alpha value is -1.31. The maximum Gasteiger partial charge on any atom is 0.0576 e. The zero-order valence-corrected chi connectivity index (χ0v) is 12.9. The van der Waals surface area contributed by atoms with Gasteiger partial charge in [-0.2, -0.15) is 0 Å². The van der Waals surface area contributed by atoms with Crippen molar-refractivity contribution in [2.24, 2.45) is 5.92 Å². The van der Waals surface area contributed by atoms with Gasteiger partial charge in [0.1, 0.15) is 0 Å². The second-order valence-corrected chi connectivity index (χ2v) is 5.97. The van der Waals surface area contributed by atoms with Crippen molar-refractivity contribution in [3.05, 3.63) is 70.7 Å². The first-order chi connectivity index (χ1) is 9.66. The highest BCUT2D eigenvalue weighted by molar-refractivity contribution is 6.30. The van der Waals surface area contributed by atoms with Crippen molar-refractivity contribution in [2.75, 3.05) is 6.54 Å². The lowest BCUT2D eigenvalue weighted by atomic mass is 9.98. The molecule has 0 aliphatic carbocycles. The molecule has 2 heteroatoms. The van der Waals surface area contributed by atoms with Gasteiger partial charge >= 0.3 is 0 Å². The number of hydrogen-bond donors (Lipinski definition) is 1. The molecule has 1 N–H and O–H groups in total. The summed E-state index contributed by atoms with van der Waals surface area (Å²) < 4.78 is 0. The standard InChI is InChI=1S/C18H22ClN/c1-14(2)12-13-20-18(15-6-4-3-5-7-15)16-8-10-17(19)11-9-16/h3-11,14,18,20H,12-13H2,1-2H3. The molecule has 0 aliphatic heterocycles. The molecule has 0 saturated carbocycles. The van der Waals surface area contributed by atoms with Gasteiger partial charge < -0.3 is 5.32 Å². The van der Waals surface area contributed by atoms with E-state index in [4.69, 9.17) is 11.6 Å². The first-order valence-corrected chi connectivity index (χ1v) is 7.58. The molecule has 0 aliphatic rings. The molecule has 2 rings (SSSR count). The SMILES string of the molecule is CC(C)CCNC(c1ccccc1)c1ccc(Cl)cc1. The van der Waals surface area contributed by atoms with Crippen LogP contribution in [0.15, 0.2) is 54.6 Å². The number of rotatable bonds is 6. The van der Waals surface area contributed by atoms with Gasteiger partial charge in [-0.05, 0) is 42.1 Å². The molecule has 0 saturated heterocycles. The summed E-state index contributed by atoms with van der Waals surface area (Å²) in [5.41, 5.74) is 2.54. The fourth-order valence-corrected chi connectivity index (χ4v) is 2.37. The van der Waals surface area contributed by atoms with Crippen LogP contribution in [0.3, 0.4) is 0 Å². The van der Waals surface area contributed by atoms with Crippen molar-refractivity contribution in [1.29, 1.82) is 0 Å². The predicted octanol–water partition coefficient (Wildman–Crippen LogP) is 5.07. The summed E-state index contributed by atoms with van der Waals surface area (Å²) in [6.07, 6.45) is 1.18. The summed E-state index contributed by atoms with van der Waals surface area (Å²) in [7, 11) is 0. The third-order valence-corrected chi connectivity index (χ3v) is 3.66. The zero-order chi connectivity index (χ0) is 14.4. The van der Waals surface area contributed by atoms with Gasteiger partial charge in [0.15, 0.2) is 0 Å². The molecule has 0 fully saturated rings. The van der Waals surface area contributed by atoms with E-state index in [2.05, 4.69) is 61.6 Å². The highest BCUT2D eigenvalue weighted by Crippen LogP contribution is 2.23. The van der Waals surface area contributed by atoms with Crippen molar-refractivity contribution in [2.45, 2.75) is 26.3 Å². The second kappa shape index (κ2) is 7.47. The molecule has 0 spiro atoms. The van der Waals surface area contributed by atoms with Gasteiger partial charge in [0.05, 0.1) is 6.04 Å². The van der Waals surface area contributed by atoms with Gasteiger partial charge in [-0.3, -0.25) is 0 Å². The van der Waals surface area contributed by atoms with Crippen LogP contribution >= 0.6 is 11.6 Å². The molecule has 0 aromatic heterocycles. The van der Waals surface area contributed by atoms with E-state index in [-0.39, 0.29) is 6.04 Å². The van der Waals surface area contributed by atoms with Crippen LogP contribution in [0.25, 0.3) is 0 Å². The Bertz CT molecular complexity index is 505. The third kappa shape index (κ3) is 4.36. The maximum atomic E-state index is 5.99. The predicted molar refractivity (Wildman–Crippen MR) is 87.2 cm³/mol. The Kier molecular flexibility index (Phi) is 5.63. The average molecular weight is 288 g/mol. The van der Waals surface area contributed by atoms with Gasteiger partial charge in [-0.15, -0.1) is 0 Å². The minimum absolute atomic E-state index is 0.229. The van der Waals surface area contributed by atoms with Crippen molar-refractivity contribution in [3.63, 3.8) is 0 Å². The lowest BCUT2D eigenvalue weighted by Gasteiger charge is -2.20. The highest BCUT2D eigenvalue weighted by Gasteiger charge is 2.13. The average Bonchev–Trinajstić information content (AvgIpc) is 2.46. The summed E-state index contributed by atoms with van der Waals surface area (Å²) in [4.78, 5) is 0. The zero-order valence-electron chi connectivity index (χ0n) is 12.1. The monoisotopic (exact) mass is 287 g/mol. The molecule has 0 amide bonds. The van der Waals surface area contributed by atoms with Gasteiger partial charge in [-0.1, -0.05) is 67.9 Å². The first kappa shape index (κ1) is 15.1. The Labute approximate surface area is 127 Å². The Morgan fingerprint density at radius 2 is 1.50 bits per heavy atom. The van der Waals surface area contributed by atoms with Crippen molar-refractivity contribution in [3.8, 4) is 0 Å². The third-order valence-electron chi connectivity index (χ3n) is 3.41. The molecular formula is C18H22ClN. The largest absolute Gasteiger partial charge is 0.306 e. The maximum absolute atomic E-state index is 5.99. The van der Waals surface area contributed by atoms with E-state index in [1.165, 1.54) is 17.5 Å². The number of nitrogens with one attached hydrogen (secondary N) is 1. The van der Waals surface area contributed by atoms with E-state index in [1.54, 1.807) is 0 Å². The smallest absolute Gasteiger partial charge is 0.0576 e. The Morgan fingerprint density at radius 1 is 0.900 bits per heavy atom. The summed E-state index contributed by atoms with van der Waals surface area (Å²) >= 11 is 5.99. The fourth-order valence-electron chi connectivity index (χ4n) is 2.25. The molecule has 1 nitrogen and oxygen atoms in total. The van der Waals surface area contributed by atoms with Crippen LogP contribution in [0.2, 0.25) is 5.02 Å². The number of hydrogen-bond acceptors (Lipinski definition) is 1. The van der Waals surface area contributed by atoms with Crippen LogP contribution in [0.4, 0.5) is 0 Å². The minimum atomic E-state index is 0.229. The molecule has 106 valence electrons. The lowest BCUT2D eigenvalue weighted by molar-refractivity contribution is 0.510. The molecule has 0 radical (unpaired) electrons. The Balaban J connectivity index is 2.18. The molecule has 0 heterocycles. The van der Waals surface area contributed by atoms with E-state index < -0.39 is 0 Å². The van der Waals surface area contributed by atoms with Gasteiger partial charge in [0.2, 0.25) is 0 Å². The van der Waals surface area contributed by atoms with E-state index >= 15 is 0 Å². The quantitative estimate of drug-likeness (QED) is 0.782. The fraction of sp³-hybridized carbons (Fsp3) is 0.333. The van der Waals surface area contributed by atoms with E-state index in [0.717, 1.165) is 11.6 Å². The molecule has 1 atom stereocenters. The van der Waals surface area contributed by atoms with Crippen LogP contribution in [-0.4, -0.2) is 6.54 Å². The van der Waals surface area contributed by atoms with Crippen LogP contribution in [0.1, 0.15) is 37.4 Å². The molecular weight excluding hydrogens is 266 g/mol. The van der Waals surface area contributed by atoms with Crippen molar-refractivity contribution >= 4 is 11.6 Å². The first-order valence-electron chi connectivity index (χ1n) is 7.20. The number of benzene rings is 2. The van der Waals surface area contributed by atoms with Crippen LogP contribution in [-0.2, 0) is 0 Å². The van der Waals surface area contributed by atoms with Gasteiger partial charge in [0, 0.05) is 5.02 Å². The molecule has 0 bridgehead atoms. The van der Waals surface area contributed by atoms with Gasteiger partial charge in [-0.25, -0.2) is 0 Å². The normalized spacial score (nSPS) is 12.6. The topological polar surface area (TPSA) is 12.0 Å². The summed E-state index contributed by atoms with van der Waals surface area (Å²) in [6, 6.07) is 18.9. The molecule has 20 heavy (non-hydrogen) atoms. The molecule has 2 aromatic carbocycles. The highest BCUT2D eigenvalue weighted by atomic mass is 35.5. The number of halogens is 1. The summed E-state index contributed by atoms with van der Waals surface area (Å²) in [5.74, 6) is 0.712. The van der Waals surface area contributed by atoms with E-state index in [1.807, 2.05) is 12.1 Å². The minimum Gasteiger partial charge on any atom is -0.306 e. The summed E-state index contributed by atoms with van der Waals surface area (Å²) in [6.45, 7) is 5.52. The molecule has 2 aromatic rings. The lowest BCUT2D eigenvalue weighted by Crippen LogP contribution is -2.24. The van der Waals surface area contributed by atoms with Crippen molar-refractivity contribution in [1.82, 2.24) is 5.32 Å². The Morgan fingerprint density at radius 3 is 2.10 bits per heavy atom. The van der Waals surface area contributed by atoms with E-state index in [0.29, 0.717) is 5.92 Å². The summed E-state index contributed by atoms with van der Waals surface area (Å²) in [5, 5.41) is 4.44. The second-order valence-electron chi connectivity index (χ2n) is 5.53. The van der Waals surface area contributed by atoms with Crippen LogP contribution in [0, 0.1) is 5.92 Å². The van der Waals surface area contributed by atoms with Crippen LogP contribution in [0.5, 0.6) is 0 Å².